The van der Waals surface area contributed by atoms with Gasteiger partial charge in [-0.15, -0.1) is 5.10 Å². The van der Waals surface area contributed by atoms with Crippen molar-refractivity contribution in [2.24, 2.45) is 0 Å². The average molecular weight is 424 g/mol. The molecule has 0 saturated heterocycles. The van der Waals surface area contributed by atoms with Gasteiger partial charge < -0.3 is 14.6 Å². The van der Waals surface area contributed by atoms with Crippen LogP contribution in [0.5, 0.6) is 5.75 Å². The fourth-order valence-corrected chi connectivity index (χ4v) is 5.38. The maximum atomic E-state index is 12.9. The van der Waals surface area contributed by atoms with Crippen LogP contribution in [0.3, 0.4) is 0 Å². The number of aromatic nitrogens is 5. The van der Waals surface area contributed by atoms with Gasteiger partial charge in [0.05, 0.1) is 30.3 Å². The largest absolute Gasteiger partial charge is 0.497 e. The molecular formula is C23H31N6O2+. The molecule has 2 heterocycles. The first kappa shape index (κ1) is 20.2. The molecule has 2 aromatic heterocycles. The van der Waals surface area contributed by atoms with E-state index < -0.39 is 0 Å². The summed E-state index contributed by atoms with van der Waals surface area (Å²) >= 11 is 0. The summed E-state index contributed by atoms with van der Waals surface area (Å²) in [6.45, 7) is 1.44. The summed E-state index contributed by atoms with van der Waals surface area (Å²) < 4.78 is 7.34. The van der Waals surface area contributed by atoms with Crippen LogP contribution in [0.4, 0.5) is 0 Å². The Hall–Kier alpha value is -2.74. The number of quaternary nitrogens is 1. The van der Waals surface area contributed by atoms with Gasteiger partial charge in [0.15, 0.2) is 0 Å². The van der Waals surface area contributed by atoms with Crippen molar-refractivity contribution in [3.05, 3.63) is 46.0 Å². The molecule has 0 spiro atoms. The number of hydrogen-bond donors (Lipinski definition) is 2. The van der Waals surface area contributed by atoms with Gasteiger partial charge in [0.1, 0.15) is 18.8 Å². The first-order valence-electron chi connectivity index (χ1n) is 11.5. The highest BCUT2D eigenvalue weighted by molar-refractivity contribution is 5.80. The van der Waals surface area contributed by atoms with E-state index in [1.165, 1.54) is 43.4 Å². The third-order valence-corrected chi connectivity index (χ3v) is 7.10. The second kappa shape index (κ2) is 8.78. The Bertz CT molecular complexity index is 1090. The zero-order valence-corrected chi connectivity index (χ0v) is 18.1. The molecule has 8 heteroatoms. The molecule has 31 heavy (non-hydrogen) atoms. The topological polar surface area (TPSA) is 90.1 Å². The van der Waals surface area contributed by atoms with Gasteiger partial charge in [-0.2, -0.15) is 0 Å². The van der Waals surface area contributed by atoms with Gasteiger partial charge in [-0.3, -0.25) is 4.79 Å². The Morgan fingerprint density at radius 2 is 1.87 bits per heavy atom. The summed E-state index contributed by atoms with van der Waals surface area (Å²) in [5.41, 5.74) is 1.60. The highest BCUT2D eigenvalue weighted by Gasteiger charge is 2.30. The number of aromatic amines is 1. The fourth-order valence-electron chi connectivity index (χ4n) is 5.38. The molecule has 2 aliphatic carbocycles. The number of hydrogen-bond acceptors (Lipinski definition) is 5. The van der Waals surface area contributed by atoms with E-state index >= 15 is 0 Å². The number of fused-ring (bicyclic) bond motifs is 1. The van der Waals surface area contributed by atoms with E-state index in [4.69, 9.17) is 4.74 Å². The van der Waals surface area contributed by atoms with Crippen LogP contribution in [-0.2, 0) is 13.1 Å². The van der Waals surface area contributed by atoms with Gasteiger partial charge >= 0.3 is 0 Å². The summed E-state index contributed by atoms with van der Waals surface area (Å²) in [6.07, 6.45) is 9.73. The number of H-pyrrole nitrogens is 1. The second-order valence-corrected chi connectivity index (χ2v) is 9.05. The van der Waals surface area contributed by atoms with Crippen molar-refractivity contribution < 1.29 is 9.64 Å². The lowest BCUT2D eigenvalue weighted by molar-refractivity contribution is -0.952. The number of nitrogens with zero attached hydrogens (tertiary/aromatic N) is 4. The molecule has 2 fully saturated rings. The van der Waals surface area contributed by atoms with Crippen LogP contribution in [0.15, 0.2) is 29.1 Å². The van der Waals surface area contributed by atoms with Crippen molar-refractivity contribution in [3.63, 3.8) is 0 Å². The third kappa shape index (κ3) is 4.21. The van der Waals surface area contributed by atoms with E-state index in [0.29, 0.717) is 18.6 Å². The summed E-state index contributed by atoms with van der Waals surface area (Å²) in [4.78, 5) is 17.3. The van der Waals surface area contributed by atoms with Crippen LogP contribution in [0.25, 0.3) is 10.9 Å². The highest BCUT2D eigenvalue weighted by Crippen LogP contribution is 2.29. The maximum Gasteiger partial charge on any atom is 0.257 e. The summed E-state index contributed by atoms with van der Waals surface area (Å²) in [5, 5.41) is 13.7. The van der Waals surface area contributed by atoms with Crippen molar-refractivity contribution >= 4 is 10.9 Å². The molecule has 0 aliphatic heterocycles. The third-order valence-electron chi connectivity index (χ3n) is 7.10. The normalized spacial score (nSPS) is 18.7. The predicted molar refractivity (Wildman–Crippen MR) is 117 cm³/mol. The summed E-state index contributed by atoms with van der Waals surface area (Å²) in [5.74, 6) is 1.70. The quantitative estimate of drug-likeness (QED) is 0.608. The SMILES string of the molecule is COc1ccc2cc(C[NH+](Cc3nnnn3C3CCCC3)C3CCCC3)c(=O)[nH]c2c1. The van der Waals surface area contributed by atoms with Gasteiger partial charge in [-0.1, -0.05) is 12.8 Å². The van der Waals surface area contributed by atoms with E-state index in [1.54, 1.807) is 7.11 Å². The molecule has 8 nitrogen and oxygen atoms in total. The molecule has 0 amide bonds. The lowest BCUT2D eigenvalue weighted by atomic mass is 10.1. The molecule has 3 aromatic rings. The van der Waals surface area contributed by atoms with E-state index in [1.807, 2.05) is 24.3 Å². The molecule has 2 saturated carbocycles. The minimum atomic E-state index is -0.0216. The Balaban J connectivity index is 1.43. The van der Waals surface area contributed by atoms with Gasteiger partial charge in [0.25, 0.3) is 5.56 Å². The Labute approximate surface area is 181 Å². The number of ether oxygens (including phenoxy) is 1. The van der Waals surface area contributed by atoms with Crippen molar-refractivity contribution in [2.45, 2.75) is 76.5 Å². The van der Waals surface area contributed by atoms with Crippen molar-refractivity contribution in [3.8, 4) is 5.75 Å². The van der Waals surface area contributed by atoms with Crippen LogP contribution >= 0.6 is 0 Å². The monoisotopic (exact) mass is 423 g/mol. The number of tetrazole rings is 1. The Kier molecular flexibility index (Phi) is 5.72. The summed E-state index contributed by atoms with van der Waals surface area (Å²) in [6, 6.07) is 8.81. The van der Waals surface area contributed by atoms with Gasteiger partial charge in [-0.05, 0) is 72.5 Å². The zero-order chi connectivity index (χ0) is 21.2. The van der Waals surface area contributed by atoms with Crippen molar-refractivity contribution in [2.75, 3.05) is 7.11 Å². The molecule has 5 rings (SSSR count). The molecular weight excluding hydrogens is 392 g/mol. The molecule has 0 bridgehead atoms. The van der Waals surface area contributed by atoms with Crippen molar-refractivity contribution in [1.29, 1.82) is 0 Å². The number of methoxy groups -OCH3 is 1. The number of rotatable bonds is 7. The average Bonchev–Trinajstić information content (AvgIpc) is 3.55. The second-order valence-electron chi connectivity index (χ2n) is 9.05. The van der Waals surface area contributed by atoms with Crippen LogP contribution < -0.4 is 15.2 Å². The van der Waals surface area contributed by atoms with E-state index in [-0.39, 0.29) is 5.56 Å². The molecule has 0 radical (unpaired) electrons. The van der Waals surface area contributed by atoms with Crippen LogP contribution in [0.1, 0.15) is 68.8 Å². The number of nitrogens with one attached hydrogen (secondary N) is 2. The number of pyridine rings is 1. The van der Waals surface area contributed by atoms with Crippen LogP contribution in [-0.4, -0.2) is 38.3 Å². The van der Waals surface area contributed by atoms with Crippen LogP contribution in [0.2, 0.25) is 0 Å². The Morgan fingerprint density at radius 1 is 1.10 bits per heavy atom. The molecule has 164 valence electrons. The lowest BCUT2D eigenvalue weighted by Gasteiger charge is -2.25. The van der Waals surface area contributed by atoms with Gasteiger partial charge in [0, 0.05) is 6.07 Å². The minimum absolute atomic E-state index is 0.0216. The first-order chi connectivity index (χ1) is 15.2. The standard InChI is InChI=1S/C23H30N6O2/c1-31-20-11-10-16-12-17(23(30)24-21(16)13-20)14-28(18-6-2-3-7-18)15-22-25-26-27-29(22)19-8-4-5-9-19/h10-13,18-19H,2-9,14-15H2,1H3,(H,24,30)/p+1. The summed E-state index contributed by atoms with van der Waals surface area (Å²) in [7, 11) is 1.63. The molecule has 2 aliphatic rings. The molecule has 1 atom stereocenters. The molecule has 2 N–H and O–H groups in total. The predicted octanol–water partition coefficient (Wildman–Crippen LogP) is 2.17. The van der Waals surface area contributed by atoms with Crippen molar-refractivity contribution in [1.82, 2.24) is 25.2 Å². The van der Waals surface area contributed by atoms with E-state index in [0.717, 1.165) is 47.4 Å². The lowest BCUT2D eigenvalue weighted by Crippen LogP contribution is -3.13. The van der Waals surface area contributed by atoms with E-state index in [2.05, 4.69) is 25.2 Å². The fraction of sp³-hybridized carbons (Fsp3) is 0.565. The van der Waals surface area contributed by atoms with Gasteiger partial charge in [-0.25, -0.2) is 4.68 Å². The smallest absolute Gasteiger partial charge is 0.257 e. The number of benzene rings is 1. The van der Waals surface area contributed by atoms with Gasteiger partial charge in [0.2, 0.25) is 5.82 Å². The van der Waals surface area contributed by atoms with Crippen LogP contribution in [0, 0.1) is 0 Å². The molecule has 1 unspecified atom stereocenters. The maximum absolute atomic E-state index is 12.9. The zero-order valence-electron chi connectivity index (χ0n) is 18.1. The molecule has 1 aromatic carbocycles. The highest BCUT2D eigenvalue weighted by atomic mass is 16.5. The van der Waals surface area contributed by atoms with E-state index in [9.17, 15) is 4.79 Å². The Morgan fingerprint density at radius 3 is 2.65 bits per heavy atom. The minimum Gasteiger partial charge on any atom is -0.497 e. The first-order valence-corrected chi connectivity index (χ1v) is 11.5.